The molecule has 4 nitrogen and oxygen atoms in total. The number of amides is 1. The summed E-state index contributed by atoms with van der Waals surface area (Å²) in [5.74, 6) is -0.551. The topological polar surface area (TPSA) is 54.9 Å². The van der Waals surface area contributed by atoms with Crippen molar-refractivity contribution in [2.24, 2.45) is 0 Å². The van der Waals surface area contributed by atoms with Crippen LogP contribution in [0.2, 0.25) is 0 Å². The molecule has 0 spiro atoms. The highest BCUT2D eigenvalue weighted by molar-refractivity contribution is 8.00. The summed E-state index contributed by atoms with van der Waals surface area (Å²) in [6, 6.07) is 22.9. The van der Waals surface area contributed by atoms with Gasteiger partial charge in [-0.3, -0.25) is 4.79 Å². The third-order valence-electron chi connectivity index (χ3n) is 4.19. The minimum atomic E-state index is -0.524. The average Bonchev–Trinajstić information content (AvgIpc) is 2.74. The van der Waals surface area contributed by atoms with Gasteiger partial charge < -0.3 is 5.32 Å². The van der Waals surface area contributed by atoms with Crippen molar-refractivity contribution >= 4 is 34.3 Å². The molecule has 0 radical (unpaired) electrons. The summed E-state index contributed by atoms with van der Waals surface area (Å²) < 4.78 is 13.2. The van der Waals surface area contributed by atoms with Crippen molar-refractivity contribution in [3.05, 3.63) is 96.6 Å². The Morgan fingerprint density at radius 1 is 0.893 bits per heavy atom. The first-order chi connectivity index (χ1) is 13.7. The number of rotatable bonds is 5. The van der Waals surface area contributed by atoms with E-state index in [0.29, 0.717) is 5.69 Å². The number of anilines is 1. The Labute approximate surface area is 165 Å². The minimum Gasteiger partial charge on any atom is -0.325 e. The second-order valence-corrected chi connectivity index (χ2v) is 7.19. The average molecular weight is 389 g/mol. The highest BCUT2D eigenvalue weighted by Crippen LogP contribution is 2.37. The standard InChI is InChI=1S/C22H16FN3OS/c23-16-10-12-17(13-11-16)26-21(27)20(15-6-2-1-3-7-15)28-22-18-8-4-5-9-19(18)24-14-25-22/h1-14,20H,(H,26,27)/t20-/m1/s1. The number of hydrogen-bond acceptors (Lipinski definition) is 4. The van der Waals surface area contributed by atoms with Crippen molar-refractivity contribution in [1.82, 2.24) is 9.97 Å². The molecule has 6 heteroatoms. The molecule has 0 aliphatic rings. The first-order valence-electron chi connectivity index (χ1n) is 8.68. The van der Waals surface area contributed by atoms with Gasteiger partial charge in [-0.1, -0.05) is 60.3 Å². The maximum atomic E-state index is 13.2. The van der Waals surface area contributed by atoms with Crippen LogP contribution in [0.1, 0.15) is 10.8 Å². The van der Waals surface area contributed by atoms with Crippen molar-refractivity contribution in [1.29, 1.82) is 0 Å². The number of carbonyl (C=O) groups is 1. The number of thioether (sulfide) groups is 1. The van der Waals surface area contributed by atoms with Crippen LogP contribution >= 0.6 is 11.8 Å². The third kappa shape index (κ3) is 4.02. The minimum absolute atomic E-state index is 0.203. The van der Waals surface area contributed by atoms with Gasteiger partial charge in [0.2, 0.25) is 5.91 Å². The highest BCUT2D eigenvalue weighted by atomic mass is 32.2. The van der Waals surface area contributed by atoms with Gasteiger partial charge in [-0.15, -0.1) is 0 Å². The number of nitrogens with zero attached hydrogens (tertiary/aromatic N) is 2. The normalized spacial score (nSPS) is 11.9. The Kier molecular flexibility index (Phi) is 5.30. The molecule has 0 unspecified atom stereocenters. The molecule has 138 valence electrons. The van der Waals surface area contributed by atoms with Crippen LogP contribution in [0.25, 0.3) is 10.9 Å². The molecule has 28 heavy (non-hydrogen) atoms. The lowest BCUT2D eigenvalue weighted by Gasteiger charge is -2.17. The molecule has 0 bridgehead atoms. The second-order valence-electron chi connectivity index (χ2n) is 6.10. The first kappa shape index (κ1) is 18.1. The van der Waals surface area contributed by atoms with Crippen molar-refractivity contribution in [3.63, 3.8) is 0 Å². The number of benzene rings is 3. The van der Waals surface area contributed by atoms with E-state index in [1.807, 2.05) is 54.6 Å². The lowest BCUT2D eigenvalue weighted by molar-refractivity contribution is -0.115. The van der Waals surface area contributed by atoms with Crippen molar-refractivity contribution < 1.29 is 9.18 Å². The zero-order valence-electron chi connectivity index (χ0n) is 14.7. The van der Waals surface area contributed by atoms with Crippen molar-refractivity contribution in [2.75, 3.05) is 5.32 Å². The molecule has 0 aliphatic carbocycles. The van der Waals surface area contributed by atoms with E-state index >= 15 is 0 Å². The maximum Gasteiger partial charge on any atom is 0.242 e. The van der Waals surface area contributed by atoms with Gasteiger partial charge in [0.15, 0.2) is 0 Å². The molecule has 1 aromatic heterocycles. The third-order valence-corrected chi connectivity index (χ3v) is 5.46. The van der Waals surface area contributed by atoms with Gasteiger partial charge in [-0.05, 0) is 35.9 Å². The van der Waals surface area contributed by atoms with Crippen LogP contribution in [-0.4, -0.2) is 15.9 Å². The number of carbonyl (C=O) groups excluding carboxylic acids is 1. The number of halogens is 1. The molecule has 4 aromatic rings. The molecule has 0 saturated heterocycles. The predicted octanol–water partition coefficient (Wildman–Crippen LogP) is 5.24. The van der Waals surface area contributed by atoms with E-state index in [4.69, 9.17) is 0 Å². The molecule has 1 heterocycles. The number of aromatic nitrogens is 2. The van der Waals surface area contributed by atoms with Crippen LogP contribution in [0.3, 0.4) is 0 Å². The van der Waals surface area contributed by atoms with Crippen molar-refractivity contribution in [2.45, 2.75) is 10.3 Å². The summed E-state index contributed by atoms with van der Waals surface area (Å²) in [5.41, 5.74) is 2.22. The molecule has 1 amide bonds. The Morgan fingerprint density at radius 3 is 2.39 bits per heavy atom. The van der Waals surface area contributed by atoms with E-state index < -0.39 is 5.25 Å². The van der Waals surface area contributed by atoms with Crippen LogP contribution < -0.4 is 5.32 Å². The lowest BCUT2D eigenvalue weighted by Crippen LogP contribution is -2.19. The fourth-order valence-corrected chi connectivity index (χ4v) is 3.92. The largest absolute Gasteiger partial charge is 0.325 e. The molecule has 0 fully saturated rings. The monoisotopic (exact) mass is 389 g/mol. The maximum absolute atomic E-state index is 13.2. The van der Waals surface area contributed by atoms with E-state index in [2.05, 4.69) is 15.3 Å². The molecule has 0 aliphatic heterocycles. The van der Waals surface area contributed by atoms with Gasteiger partial charge in [0.25, 0.3) is 0 Å². The quantitative estimate of drug-likeness (QED) is 0.375. The summed E-state index contributed by atoms with van der Waals surface area (Å²) in [5, 5.41) is 3.97. The summed E-state index contributed by atoms with van der Waals surface area (Å²) in [6.07, 6.45) is 1.50. The van der Waals surface area contributed by atoms with E-state index in [1.54, 1.807) is 12.1 Å². The van der Waals surface area contributed by atoms with E-state index in [-0.39, 0.29) is 11.7 Å². The van der Waals surface area contributed by atoms with Crippen LogP contribution in [0.4, 0.5) is 10.1 Å². The van der Waals surface area contributed by atoms with Gasteiger partial charge in [-0.25, -0.2) is 14.4 Å². The van der Waals surface area contributed by atoms with E-state index in [1.165, 1.54) is 30.2 Å². The highest BCUT2D eigenvalue weighted by Gasteiger charge is 2.24. The number of nitrogens with one attached hydrogen (secondary N) is 1. The van der Waals surface area contributed by atoms with Crippen LogP contribution in [0.5, 0.6) is 0 Å². The second kappa shape index (κ2) is 8.19. The lowest BCUT2D eigenvalue weighted by atomic mass is 10.1. The van der Waals surface area contributed by atoms with Gasteiger partial charge in [0, 0.05) is 11.1 Å². The molecule has 1 N–H and O–H groups in total. The zero-order chi connectivity index (χ0) is 19.3. The summed E-state index contributed by atoms with van der Waals surface area (Å²) >= 11 is 1.36. The van der Waals surface area contributed by atoms with Gasteiger partial charge in [0.05, 0.1) is 5.52 Å². The zero-order valence-corrected chi connectivity index (χ0v) is 15.6. The van der Waals surface area contributed by atoms with E-state index in [9.17, 15) is 9.18 Å². The number of fused-ring (bicyclic) bond motifs is 1. The molecular formula is C22H16FN3OS. The molecule has 4 rings (SSSR count). The fourth-order valence-electron chi connectivity index (χ4n) is 2.83. The Hall–Kier alpha value is -3.25. The Morgan fingerprint density at radius 2 is 1.61 bits per heavy atom. The first-order valence-corrected chi connectivity index (χ1v) is 9.56. The molecular weight excluding hydrogens is 373 g/mol. The predicted molar refractivity (Wildman–Crippen MR) is 110 cm³/mol. The fraction of sp³-hybridized carbons (Fsp3) is 0.0455. The Balaban J connectivity index is 1.67. The number of hydrogen-bond donors (Lipinski definition) is 1. The number of para-hydroxylation sites is 1. The summed E-state index contributed by atoms with van der Waals surface area (Å²) in [7, 11) is 0. The van der Waals surface area contributed by atoms with Gasteiger partial charge in [0.1, 0.15) is 22.4 Å². The Bertz CT molecular complexity index is 1100. The van der Waals surface area contributed by atoms with Crippen LogP contribution in [-0.2, 0) is 4.79 Å². The van der Waals surface area contributed by atoms with Gasteiger partial charge in [-0.2, -0.15) is 0 Å². The van der Waals surface area contributed by atoms with Crippen LogP contribution in [0.15, 0.2) is 90.2 Å². The summed E-state index contributed by atoms with van der Waals surface area (Å²) in [4.78, 5) is 21.7. The molecule has 0 saturated carbocycles. The van der Waals surface area contributed by atoms with Crippen molar-refractivity contribution in [3.8, 4) is 0 Å². The van der Waals surface area contributed by atoms with Gasteiger partial charge >= 0.3 is 0 Å². The SMILES string of the molecule is O=C(Nc1ccc(F)cc1)[C@H](Sc1ncnc2ccccc12)c1ccccc1. The molecule has 1 atom stereocenters. The smallest absolute Gasteiger partial charge is 0.242 e. The molecule has 3 aromatic carbocycles. The summed E-state index contributed by atoms with van der Waals surface area (Å²) in [6.45, 7) is 0. The van der Waals surface area contributed by atoms with E-state index in [0.717, 1.165) is 21.5 Å². The van der Waals surface area contributed by atoms with Crippen LogP contribution in [0, 0.1) is 5.82 Å².